The Bertz CT molecular complexity index is 1710. The summed E-state index contributed by atoms with van der Waals surface area (Å²) in [5.41, 5.74) is 28.8. The van der Waals surface area contributed by atoms with Crippen LogP contribution in [0.1, 0.15) is 78.5 Å². The van der Waals surface area contributed by atoms with Gasteiger partial charge in [-0.15, -0.1) is 0 Å². The maximum atomic E-state index is 14.0. The summed E-state index contributed by atoms with van der Waals surface area (Å²) in [6.07, 6.45) is 4.00. The van der Waals surface area contributed by atoms with E-state index in [4.69, 9.17) is 27.5 Å². The average molecular weight is 698 g/mol. The zero-order valence-electron chi connectivity index (χ0n) is 29.5. The third-order valence-corrected chi connectivity index (χ3v) is 8.77. The number of phenols is 1. The molecule has 4 rings (SSSR count). The lowest BCUT2D eigenvalue weighted by molar-refractivity contribution is -0.130. The Hall–Kier alpha value is -5.27. The van der Waals surface area contributed by atoms with Gasteiger partial charge in [-0.2, -0.15) is 4.98 Å². The number of phenolic OH excluding ortho intramolecular Hbond substituents is 1. The van der Waals surface area contributed by atoms with Gasteiger partial charge in [-0.1, -0.05) is 59.8 Å². The predicted molar refractivity (Wildman–Crippen MR) is 198 cm³/mol. The molecule has 13 nitrogen and oxygen atoms in total. The molecular formula is C38H51N9O4. The normalized spacial score (nSPS) is 12.9. The van der Waals surface area contributed by atoms with Crippen molar-refractivity contribution in [1.29, 1.82) is 0 Å². The van der Waals surface area contributed by atoms with Crippen molar-refractivity contribution in [2.24, 2.45) is 27.9 Å². The fourth-order valence-corrected chi connectivity index (χ4v) is 5.98. The highest BCUT2D eigenvalue weighted by atomic mass is 16.5. The van der Waals surface area contributed by atoms with Gasteiger partial charge in [-0.3, -0.25) is 14.6 Å². The Balaban J connectivity index is 1.49. The third kappa shape index (κ3) is 11.9. The molecule has 11 N–H and O–H groups in total. The van der Waals surface area contributed by atoms with Gasteiger partial charge in [-0.25, -0.2) is 0 Å². The van der Waals surface area contributed by atoms with Gasteiger partial charge in [-0.05, 0) is 111 Å². The molecule has 4 aromatic rings. The van der Waals surface area contributed by atoms with Gasteiger partial charge in [0.2, 0.25) is 17.7 Å². The number of carbonyl (C=O) groups is 2. The van der Waals surface area contributed by atoms with E-state index in [0.29, 0.717) is 57.4 Å². The molecule has 0 saturated heterocycles. The fraction of sp³-hybridized carbons (Fsp3) is 0.395. The van der Waals surface area contributed by atoms with Crippen molar-refractivity contribution >= 4 is 17.8 Å². The molecule has 272 valence electrons. The van der Waals surface area contributed by atoms with E-state index in [9.17, 15) is 14.7 Å². The van der Waals surface area contributed by atoms with Gasteiger partial charge >= 0.3 is 0 Å². The lowest BCUT2D eigenvalue weighted by Gasteiger charge is -2.24. The number of nitrogens with zero attached hydrogens (tertiary/aromatic N) is 3. The number of nitrogens with two attached hydrogens (primary N) is 4. The van der Waals surface area contributed by atoms with Crippen molar-refractivity contribution < 1.29 is 19.2 Å². The van der Waals surface area contributed by atoms with E-state index in [1.165, 1.54) is 0 Å². The first-order chi connectivity index (χ1) is 24.5. The number of aliphatic imine (C=N–C) groups is 1. The van der Waals surface area contributed by atoms with Crippen molar-refractivity contribution in [3.63, 3.8) is 0 Å². The van der Waals surface area contributed by atoms with Gasteiger partial charge < -0.3 is 43.2 Å². The van der Waals surface area contributed by atoms with Crippen LogP contribution in [0.25, 0.3) is 11.1 Å². The molecule has 0 bridgehead atoms. The molecule has 2 amide bonds. The van der Waals surface area contributed by atoms with E-state index in [1.54, 1.807) is 12.1 Å². The number of aromatic hydroxyl groups is 1. The number of unbranched alkanes of at least 4 members (excludes halogenated alkanes) is 1. The van der Waals surface area contributed by atoms with Crippen molar-refractivity contribution in [2.45, 2.75) is 83.3 Å². The number of rotatable bonds is 19. The standard InChI is InChI=1S/C38H51N9O4/c1-24-21-29(48)22-25(2)30(24)17-18-32(44-35(49)31(40)11-8-20-43-38(41)42)36(50)45-33(12-6-7-19-39)37-46-34(47-51-37)23-26-13-15-28(16-14-26)27-9-4-3-5-10-27/h3-5,9-10,13-16,21-22,31-33,48H,6-8,11-12,17-20,23,39-40H2,1-2H3,(H,44,49)(H,45,50)(H4,41,42,43)/t31-,32+,33+/m1/s1. The highest BCUT2D eigenvalue weighted by molar-refractivity contribution is 5.89. The highest BCUT2D eigenvalue weighted by Crippen LogP contribution is 2.24. The van der Waals surface area contributed by atoms with E-state index in [2.05, 4.69) is 50.0 Å². The highest BCUT2D eigenvalue weighted by Gasteiger charge is 2.28. The van der Waals surface area contributed by atoms with Crippen molar-refractivity contribution in [1.82, 2.24) is 20.8 Å². The Morgan fingerprint density at radius 2 is 1.57 bits per heavy atom. The van der Waals surface area contributed by atoms with Crippen LogP contribution in [-0.2, 0) is 22.4 Å². The van der Waals surface area contributed by atoms with Crippen LogP contribution >= 0.6 is 0 Å². The van der Waals surface area contributed by atoms with Gasteiger partial charge in [0, 0.05) is 13.0 Å². The number of aromatic nitrogens is 2. The molecule has 0 spiro atoms. The molecule has 0 radical (unpaired) electrons. The molecule has 51 heavy (non-hydrogen) atoms. The van der Waals surface area contributed by atoms with Gasteiger partial charge in [0.25, 0.3) is 0 Å². The predicted octanol–water partition coefficient (Wildman–Crippen LogP) is 3.43. The second kappa shape index (κ2) is 19.2. The minimum absolute atomic E-state index is 0.0311. The van der Waals surface area contributed by atoms with Crippen LogP contribution < -0.4 is 33.6 Å². The number of hydrogen-bond acceptors (Lipinski definition) is 9. The summed E-state index contributed by atoms with van der Waals surface area (Å²) < 4.78 is 5.70. The summed E-state index contributed by atoms with van der Waals surface area (Å²) >= 11 is 0. The molecule has 3 aromatic carbocycles. The van der Waals surface area contributed by atoms with E-state index < -0.39 is 29.9 Å². The van der Waals surface area contributed by atoms with Crippen molar-refractivity contribution in [2.75, 3.05) is 13.1 Å². The smallest absolute Gasteiger partial charge is 0.249 e. The zero-order valence-corrected chi connectivity index (χ0v) is 29.5. The molecule has 0 aliphatic rings. The first-order valence-corrected chi connectivity index (χ1v) is 17.4. The molecule has 1 aromatic heterocycles. The first-order valence-electron chi connectivity index (χ1n) is 17.4. The molecule has 13 heteroatoms. The number of benzene rings is 3. The number of carbonyl (C=O) groups excluding carboxylic acids is 2. The van der Waals surface area contributed by atoms with E-state index in [1.807, 2.05) is 44.2 Å². The van der Waals surface area contributed by atoms with Gasteiger partial charge in [0.15, 0.2) is 11.8 Å². The van der Waals surface area contributed by atoms with Gasteiger partial charge in [0.05, 0.1) is 6.04 Å². The van der Waals surface area contributed by atoms with Crippen LogP contribution in [0.2, 0.25) is 0 Å². The van der Waals surface area contributed by atoms with Crippen LogP contribution in [0.5, 0.6) is 5.75 Å². The molecule has 0 saturated carbocycles. The van der Waals surface area contributed by atoms with Crippen LogP contribution in [0.15, 0.2) is 76.2 Å². The summed E-state index contributed by atoms with van der Waals surface area (Å²) in [5.74, 6) is 0.0486. The minimum Gasteiger partial charge on any atom is -0.508 e. The summed E-state index contributed by atoms with van der Waals surface area (Å²) in [6.45, 7) is 4.64. The number of guanidine groups is 1. The monoisotopic (exact) mass is 697 g/mol. The van der Waals surface area contributed by atoms with E-state index >= 15 is 0 Å². The van der Waals surface area contributed by atoms with Crippen molar-refractivity contribution in [3.8, 4) is 16.9 Å². The van der Waals surface area contributed by atoms with Crippen LogP contribution in [-0.4, -0.2) is 58.2 Å². The second-order valence-corrected chi connectivity index (χ2v) is 12.8. The molecule has 1 heterocycles. The molecule has 0 fully saturated rings. The largest absolute Gasteiger partial charge is 0.508 e. The van der Waals surface area contributed by atoms with Crippen LogP contribution in [0, 0.1) is 13.8 Å². The maximum absolute atomic E-state index is 14.0. The number of aryl methyl sites for hydroxylation is 2. The van der Waals surface area contributed by atoms with Gasteiger partial charge in [0.1, 0.15) is 17.8 Å². The molecular weight excluding hydrogens is 646 g/mol. The molecule has 3 atom stereocenters. The summed E-state index contributed by atoms with van der Waals surface area (Å²) in [4.78, 5) is 35.8. The summed E-state index contributed by atoms with van der Waals surface area (Å²) in [6, 6.07) is 19.3. The first kappa shape index (κ1) is 38.5. The lowest BCUT2D eigenvalue weighted by atomic mass is 9.95. The third-order valence-electron chi connectivity index (χ3n) is 8.77. The Kier molecular flexibility index (Phi) is 14.5. The molecule has 0 aliphatic carbocycles. The molecule has 0 aliphatic heterocycles. The number of amides is 2. The Morgan fingerprint density at radius 1 is 0.882 bits per heavy atom. The number of hydrogen-bond donors (Lipinski definition) is 7. The quantitative estimate of drug-likeness (QED) is 0.0428. The summed E-state index contributed by atoms with van der Waals surface area (Å²) in [7, 11) is 0. The minimum atomic E-state index is -0.920. The van der Waals surface area contributed by atoms with Crippen molar-refractivity contribution in [3.05, 3.63) is 101 Å². The average Bonchev–Trinajstić information content (AvgIpc) is 3.57. The lowest BCUT2D eigenvalue weighted by Crippen LogP contribution is -2.52. The van der Waals surface area contributed by atoms with E-state index in [0.717, 1.165) is 39.8 Å². The SMILES string of the molecule is Cc1cc(O)cc(C)c1CC[C@H](NC(=O)[C@H](N)CCCN=C(N)N)C(=O)N[C@@H](CCCCN)c1nc(Cc2ccc(-c3ccccc3)cc2)no1. The zero-order chi connectivity index (χ0) is 36.8. The molecule has 0 unspecified atom stereocenters. The topological polar surface area (TPSA) is 234 Å². The Labute approximate surface area is 299 Å². The van der Waals surface area contributed by atoms with Crippen LogP contribution in [0.4, 0.5) is 0 Å². The van der Waals surface area contributed by atoms with Crippen LogP contribution in [0.3, 0.4) is 0 Å². The Morgan fingerprint density at radius 3 is 2.24 bits per heavy atom. The fourth-order valence-electron chi connectivity index (χ4n) is 5.98. The maximum Gasteiger partial charge on any atom is 0.249 e. The van der Waals surface area contributed by atoms with E-state index in [-0.39, 0.29) is 24.0 Å². The number of nitrogens with one attached hydrogen (secondary N) is 2. The second-order valence-electron chi connectivity index (χ2n) is 12.8. The summed E-state index contributed by atoms with van der Waals surface area (Å²) in [5, 5.41) is 20.2.